The predicted molar refractivity (Wildman–Crippen MR) is 83.0 cm³/mol. The number of carboxylic acid groups (broad SMARTS) is 1. The second kappa shape index (κ2) is 6.91. The molecule has 0 aromatic heterocycles. The van der Waals surface area contributed by atoms with Crippen LogP contribution in [-0.2, 0) is 11.3 Å². The van der Waals surface area contributed by atoms with Crippen molar-refractivity contribution in [2.75, 3.05) is 39.2 Å². The minimum Gasteiger partial charge on any atom is -0.478 e. The normalized spacial score (nSPS) is 18.5. The van der Waals surface area contributed by atoms with Gasteiger partial charge in [0.2, 0.25) is 0 Å². The SMILES string of the molecule is COCc1ccc(N2CCCC2CN(C)C)c(C(=O)O)c1. The lowest BCUT2D eigenvalue weighted by atomic mass is 10.1. The van der Waals surface area contributed by atoms with Crippen LogP contribution in [0.25, 0.3) is 0 Å². The summed E-state index contributed by atoms with van der Waals surface area (Å²) in [5.74, 6) is -0.876. The number of benzene rings is 1. The highest BCUT2D eigenvalue weighted by Gasteiger charge is 2.28. The molecule has 5 nitrogen and oxygen atoms in total. The van der Waals surface area contributed by atoms with Gasteiger partial charge in [-0.1, -0.05) is 6.07 Å². The number of hydrogen-bond acceptors (Lipinski definition) is 4. The van der Waals surface area contributed by atoms with Gasteiger partial charge in [-0.05, 0) is 44.6 Å². The number of aromatic carboxylic acids is 1. The average molecular weight is 292 g/mol. The zero-order valence-corrected chi connectivity index (χ0v) is 13.0. The van der Waals surface area contributed by atoms with Crippen molar-refractivity contribution < 1.29 is 14.6 Å². The van der Waals surface area contributed by atoms with Crippen LogP contribution in [0.4, 0.5) is 5.69 Å². The van der Waals surface area contributed by atoms with E-state index in [1.165, 1.54) is 0 Å². The summed E-state index contributed by atoms with van der Waals surface area (Å²) in [6.45, 7) is 2.29. The molecular formula is C16H24N2O3. The van der Waals surface area contributed by atoms with Crippen LogP contribution in [0.2, 0.25) is 0 Å². The molecule has 1 N–H and O–H groups in total. The van der Waals surface area contributed by atoms with Crippen molar-refractivity contribution in [2.24, 2.45) is 0 Å². The number of ether oxygens (including phenoxy) is 1. The van der Waals surface area contributed by atoms with Gasteiger partial charge < -0.3 is 19.6 Å². The van der Waals surface area contributed by atoms with E-state index >= 15 is 0 Å². The van der Waals surface area contributed by atoms with Crippen molar-refractivity contribution in [2.45, 2.75) is 25.5 Å². The van der Waals surface area contributed by atoms with Crippen molar-refractivity contribution >= 4 is 11.7 Å². The van der Waals surface area contributed by atoms with Gasteiger partial charge in [-0.3, -0.25) is 0 Å². The van der Waals surface area contributed by atoms with Crippen molar-refractivity contribution in [1.82, 2.24) is 4.90 Å². The highest BCUT2D eigenvalue weighted by atomic mass is 16.5. The van der Waals surface area contributed by atoms with Crippen LogP contribution < -0.4 is 4.90 Å². The van der Waals surface area contributed by atoms with Crippen LogP contribution in [0.3, 0.4) is 0 Å². The Hall–Kier alpha value is -1.59. The van der Waals surface area contributed by atoms with E-state index in [0.29, 0.717) is 18.2 Å². The first-order valence-corrected chi connectivity index (χ1v) is 7.29. The van der Waals surface area contributed by atoms with E-state index in [4.69, 9.17) is 4.74 Å². The molecule has 0 bridgehead atoms. The first-order chi connectivity index (χ1) is 10.0. The summed E-state index contributed by atoms with van der Waals surface area (Å²) in [4.78, 5) is 16.0. The Morgan fingerprint density at radius 3 is 2.86 bits per heavy atom. The summed E-state index contributed by atoms with van der Waals surface area (Å²) < 4.78 is 5.09. The van der Waals surface area contributed by atoms with Gasteiger partial charge in [0, 0.05) is 26.2 Å². The van der Waals surface area contributed by atoms with Gasteiger partial charge in [-0.25, -0.2) is 4.79 Å². The smallest absolute Gasteiger partial charge is 0.337 e. The third-order valence-corrected chi connectivity index (χ3v) is 3.86. The molecule has 1 aromatic rings. The monoisotopic (exact) mass is 292 g/mol. The van der Waals surface area contributed by atoms with Gasteiger partial charge >= 0.3 is 5.97 Å². The van der Waals surface area contributed by atoms with Crippen molar-refractivity contribution in [3.8, 4) is 0 Å². The van der Waals surface area contributed by atoms with Gasteiger partial charge in [0.25, 0.3) is 0 Å². The van der Waals surface area contributed by atoms with Crippen LogP contribution >= 0.6 is 0 Å². The lowest BCUT2D eigenvalue weighted by Gasteiger charge is -2.30. The maximum atomic E-state index is 11.6. The number of carboxylic acids is 1. The molecule has 1 aliphatic heterocycles. The summed E-state index contributed by atoms with van der Waals surface area (Å²) in [7, 11) is 5.72. The molecule has 1 aromatic carbocycles. The van der Waals surface area contributed by atoms with Crippen molar-refractivity contribution in [3.05, 3.63) is 29.3 Å². The van der Waals surface area contributed by atoms with Crippen LogP contribution in [0.5, 0.6) is 0 Å². The molecule has 1 saturated heterocycles. The molecule has 0 radical (unpaired) electrons. The lowest BCUT2D eigenvalue weighted by molar-refractivity contribution is 0.0697. The molecule has 116 valence electrons. The first kappa shape index (κ1) is 15.8. The summed E-state index contributed by atoms with van der Waals surface area (Å²) in [6, 6.07) is 5.99. The Balaban J connectivity index is 2.31. The number of methoxy groups -OCH3 is 1. The molecule has 2 rings (SSSR count). The Kier molecular flexibility index (Phi) is 5.20. The van der Waals surface area contributed by atoms with Crippen molar-refractivity contribution in [1.29, 1.82) is 0 Å². The lowest BCUT2D eigenvalue weighted by Crippen LogP contribution is -2.38. The summed E-state index contributed by atoms with van der Waals surface area (Å²) >= 11 is 0. The molecule has 0 amide bonds. The third kappa shape index (κ3) is 3.74. The maximum Gasteiger partial charge on any atom is 0.337 e. The highest BCUT2D eigenvalue weighted by molar-refractivity contribution is 5.94. The molecule has 1 atom stereocenters. The number of nitrogens with zero attached hydrogens (tertiary/aromatic N) is 2. The Morgan fingerprint density at radius 1 is 1.48 bits per heavy atom. The van der Waals surface area contributed by atoms with Crippen LogP contribution in [0.1, 0.15) is 28.8 Å². The summed E-state index contributed by atoms with van der Waals surface area (Å²) in [5.41, 5.74) is 2.09. The van der Waals surface area contributed by atoms with E-state index < -0.39 is 5.97 Å². The van der Waals surface area contributed by atoms with E-state index in [1.54, 1.807) is 13.2 Å². The molecule has 1 fully saturated rings. The van der Waals surface area contributed by atoms with E-state index in [2.05, 4.69) is 23.9 Å². The maximum absolute atomic E-state index is 11.6. The molecule has 0 aliphatic carbocycles. The molecule has 1 aliphatic rings. The largest absolute Gasteiger partial charge is 0.478 e. The number of rotatable bonds is 6. The zero-order chi connectivity index (χ0) is 15.4. The Bertz CT molecular complexity index is 502. The molecular weight excluding hydrogens is 268 g/mol. The fraction of sp³-hybridized carbons (Fsp3) is 0.562. The number of hydrogen-bond donors (Lipinski definition) is 1. The van der Waals surface area contributed by atoms with Gasteiger partial charge in [-0.15, -0.1) is 0 Å². The van der Waals surface area contributed by atoms with Gasteiger partial charge in [0.1, 0.15) is 0 Å². The van der Waals surface area contributed by atoms with E-state index in [1.807, 2.05) is 12.1 Å². The molecule has 5 heteroatoms. The number of anilines is 1. The van der Waals surface area contributed by atoms with E-state index in [-0.39, 0.29) is 0 Å². The number of carbonyl (C=O) groups is 1. The number of likely N-dealkylation sites (N-methyl/N-ethyl adjacent to an activating group) is 1. The Morgan fingerprint density at radius 2 is 2.24 bits per heavy atom. The quantitative estimate of drug-likeness (QED) is 0.870. The molecule has 0 saturated carbocycles. The first-order valence-electron chi connectivity index (χ1n) is 7.29. The van der Waals surface area contributed by atoms with Crippen LogP contribution in [-0.4, -0.2) is 56.3 Å². The topological polar surface area (TPSA) is 53.0 Å². The van der Waals surface area contributed by atoms with Gasteiger partial charge in [0.05, 0.1) is 17.9 Å². The summed E-state index contributed by atoms with van der Waals surface area (Å²) in [5, 5.41) is 9.51. The minimum atomic E-state index is -0.876. The van der Waals surface area contributed by atoms with Crippen molar-refractivity contribution in [3.63, 3.8) is 0 Å². The molecule has 1 heterocycles. The fourth-order valence-corrected chi connectivity index (χ4v) is 3.03. The van der Waals surface area contributed by atoms with Gasteiger partial charge in [0.15, 0.2) is 0 Å². The molecule has 0 spiro atoms. The minimum absolute atomic E-state index is 0.371. The fourth-order valence-electron chi connectivity index (χ4n) is 3.03. The highest BCUT2D eigenvalue weighted by Crippen LogP contribution is 2.30. The predicted octanol–water partition coefficient (Wildman–Crippen LogP) is 2.06. The molecule has 1 unspecified atom stereocenters. The van der Waals surface area contributed by atoms with E-state index in [9.17, 15) is 9.90 Å². The second-order valence-electron chi connectivity index (χ2n) is 5.84. The van der Waals surface area contributed by atoms with Crippen LogP contribution in [0, 0.1) is 0 Å². The average Bonchev–Trinajstić information content (AvgIpc) is 2.86. The summed E-state index contributed by atoms with van der Waals surface area (Å²) in [6.07, 6.45) is 2.22. The standard InChI is InChI=1S/C16H24N2O3/c1-17(2)10-13-5-4-8-18(13)15-7-6-12(11-21-3)9-14(15)16(19)20/h6-7,9,13H,4-5,8,10-11H2,1-3H3,(H,19,20). The van der Waals surface area contributed by atoms with E-state index in [0.717, 1.165) is 37.2 Å². The third-order valence-electron chi connectivity index (χ3n) is 3.86. The Labute approximate surface area is 126 Å². The van der Waals surface area contributed by atoms with Gasteiger partial charge in [-0.2, -0.15) is 0 Å². The molecule has 21 heavy (non-hydrogen) atoms. The van der Waals surface area contributed by atoms with Crippen LogP contribution in [0.15, 0.2) is 18.2 Å². The zero-order valence-electron chi connectivity index (χ0n) is 13.0. The second-order valence-corrected chi connectivity index (χ2v) is 5.84.